The van der Waals surface area contributed by atoms with Crippen LogP contribution in [0.5, 0.6) is 0 Å². The van der Waals surface area contributed by atoms with E-state index in [1.807, 2.05) is 10.9 Å². The third-order valence-electron chi connectivity index (χ3n) is 3.10. The smallest absolute Gasteiger partial charge is 0.0539 e. The first-order valence-electron chi connectivity index (χ1n) is 6.02. The highest BCUT2D eigenvalue weighted by atomic mass is 79.9. The second-order valence-electron chi connectivity index (χ2n) is 4.35. The van der Waals surface area contributed by atoms with Crippen LogP contribution in [0, 0.1) is 0 Å². The minimum atomic E-state index is 0.861. The average Bonchev–Trinajstić information content (AvgIpc) is 2.97. The largest absolute Gasteiger partial charge is 0.343 e. The number of benzene rings is 1. The minimum absolute atomic E-state index is 0.861. The summed E-state index contributed by atoms with van der Waals surface area (Å²) < 4.78 is 5.31. The SMILES string of the molecule is CCn1cc(Cn2ccc3ccc(Br)cc32)cn1. The molecule has 0 atom stereocenters. The van der Waals surface area contributed by atoms with Crippen LogP contribution in [-0.4, -0.2) is 14.3 Å². The summed E-state index contributed by atoms with van der Waals surface area (Å²) in [6.07, 6.45) is 6.16. The van der Waals surface area contributed by atoms with Gasteiger partial charge in [-0.1, -0.05) is 22.0 Å². The second kappa shape index (κ2) is 4.61. The van der Waals surface area contributed by atoms with Crippen LogP contribution in [0.4, 0.5) is 0 Å². The van der Waals surface area contributed by atoms with Gasteiger partial charge in [0.15, 0.2) is 0 Å². The van der Waals surface area contributed by atoms with Gasteiger partial charge in [0.2, 0.25) is 0 Å². The monoisotopic (exact) mass is 303 g/mol. The van der Waals surface area contributed by atoms with Crippen molar-refractivity contribution in [3.63, 3.8) is 0 Å². The molecule has 92 valence electrons. The molecular formula is C14H14BrN3. The van der Waals surface area contributed by atoms with E-state index in [1.165, 1.54) is 16.5 Å². The highest BCUT2D eigenvalue weighted by Gasteiger charge is 2.04. The maximum Gasteiger partial charge on any atom is 0.0539 e. The number of aromatic nitrogens is 3. The topological polar surface area (TPSA) is 22.8 Å². The number of hydrogen-bond acceptors (Lipinski definition) is 1. The van der Waals surface area contributed by atoms with Crippen molar-refractivity contribution in [2.75, 3.05) is 0 Å². The van der Waals surface area contributed by atoms with E-state index in [0.717, 1.165) is 17.6 Å². The van der Waals surface area contributed by atoms with Gasteiger partial charge in [0.05, 0.1) is 12.7 Å². The fourth-order valence-electron chi connectivity index (χ4n) is 2.15. The molecule has 0 N–H and O–H groups in total. The van der Waals surface area contributed by atoms with Crippen LogP contribution in [0.2, 0.25) is 0 Å². The molecule has 4 heteroatoms. The Balaban J connectivity index is 1.96. The normalized spacial score (nSPS) is 11.2. The van der Waals surface area contributed by atoms with Gasteiger partial charge in [-0.3, -0.25) is 4.68 Å². The molecule has 2 heterocycles. The summed E-state index contributed by atoms with van der Waals surface area (Å²) in [6.45, 7) is 3.87. The summed E-state index contributed by atoms with van der Waals surface area (Å²) >= 11 is 3.52. The van der Waals surface area contributed by atoms with Gasteiger partial charge in [0.1, 0.15) is 0 Å². The molecule has 0 fully saturated rings. The molecule has 3 aromatic rings. The summed E-state index contributed by atoms with van der Waals surface area (Å²) in [5.41, 5.74) is 2.47. The molecule has 3 nitrogen and oxygen atoms in total. The second-order valence-corrected chi connectivity index (χ2v) is 5.27. The number of aryl methyl sites for hydroxylation is 1. The lowest BCUT2D eigenvalue weighted by Gasteiger charge is -2.03. The molecule has 0 spiro atoms. The van der Waals surface area contributed by atoms with Gasteiger partial charge in [-0.05, 0) is 30.5 Å². The first-order valence-corrected chi connectivity index (χ1v) is 6.81. The van der Waals surface area contributed by atoms with E-state index in [9.17, 15) is 0 Å². The standard InChI is InChI=1S/C14H14BrN3/c1-2-18-10-11(8-16-18)9-17-6-5-12-3-4-13(15)7-14(12)17/h3-8,10H,2,9H2,1H3. The molecule has 2 aromatic heterocycles. The number of hydrogen-bond donors (Lipinski definition) is 0. The zero-order chi connectivity index (χ0) is 12.5. The summed E-state index contributed by atoms with van der Waals surface area (Å²) in [4.78, 5) is 0. The fraction of sp³-hybridized carbons (Fsp3) is 0.214. The minimum Gasteiger partial charge on any atom is -0.343 e. The maximum atomic E-state index is 4.31. The van der Waals surface area contributed by atoms with Crippen LogP contribution in [0.15, 0.2) is 47.3 Å². The van der Waals surface area contributed by atoms with Crippen LogP contribution in [-0.2, 0) is 13.1 Å². The van der Waals surface area contributed by atoms with Crippen molar-refractivity contribution in [3.8, 4) is 0 Å². The van der Waals surface area contributed by atoms with Crippen molar-refractivity contribution in [3.05, 3.63) is 52.9 Å². The Morgan fingerprint density at radius 3 is 2.94 bits per heavy atom. The van der Waals surface area contributed by atoms with E-state index in [2.05, 4.69) is 69.2 Å². The van der Waals surface area contributed by atoms with E-state index in [4.69, 9.17) is 0 Å². The summed E-state index contributed by atoms with van der Waals surface area (Å²) in [5, 5.41) is 5.57. The molecule has 3 rings (SSSR count). The van der Waals surface area contributed by atoms with Crippen LogP contribution in [0.1, 0.15) is 12.5 Å². The molecule has 0 unspecified atom stereocenters. The molecule has 18 heavy (non-hydrogen) atoms. The Labute approximate surface area is 114 Å². The first kappa shape index (κ1) is 11.5. The molecule has 0 radical (unpaired) electrons. The highest BCUT2D eigenvalue weighted by molar-refractivity contribution is 9.10. The predicted octanol–water partition coefficient (Wildman–Crippen LogP) is 3.67. The molecular weight excluding hydrogens is 290 g/mol. The van der Waals surface area contributed by atoms with Gasteiger partial charge < -0.3 is 4.57 Å². The van der Waals surface area contributed by atoms with Crippen molar-refractivity contribution in [1.82, 2.24) is 14.3 Å². The van der Waals surface area contributed by atoms with Gasteiger partial charge >= 0.3 is 0 Å². The van der Waals surface area contributed by atoms with E-state index in [1.54, 1.807) is 0 Å². The van der Waals surface area contributed by atoms with Crippen LogP contribution < -0.4 is 0 Å². The zero-order valence-electron chi connectivity index (χ0n) is 10.2. The average molecular weight is 304 g/mol. The van der Waals surface area contributed by atoms with Gasteiger partial charge in [-0.15, -0.1) is 0 Å². The molecule has 0 aliphatic heterocycles. The Kier molecular flexibility index (Phi) is 2.96. The third-order valence-corrected chi connectivity index (χ3v) is 3.59. The Morgan fingerprint density at radius 1 is 1.28 bits per heavy atom. The summed E-state index contributed by atoms with van der Waals surface area (Å²) in [6, 6.07) is 8.50. The molecule has 0 aliphatic carbocycles. The summed E-state index contributed by atoms with van der Waals surface area (Å²) in [7, 11) is 0. The third kappa shape index (κ3) is 2.08. The van der Waals surface area contributed by atoms with Crippen molar-refractivity contribution < 1.29 is 0 Å². The molecule has 0 aliphatic rings. The van der Waals surface area contributed by atoms with Crippen molar-refractivity contribution in [2.24, 2.45) is 0 Å². The van der Waals surface area contributed by atoms with Crippen molar-refractivity contribution in [2.45, 2.75) is 20.0 Å². The van der Waals surface area contributed by atoms with Crippen molar-refractivity contribution >= 4 is 26.8 Å². The van der Waals surface area contributed by atoms with E-state index in [-0.39, 0.29) is 0 Å². The van der Waals surface area contributed by atoms with Gasteiger partial charge in [-0.2, -0.15) is 5.10 Å². The van der Waals surface area contributed by atoms with Crippen molar-refractivity contribution in [1.29, 1.82) is 0 Å². The van der Waals surface area contributed by atoms with E-state index >= 15 is 0 Å². The van der Waals surface area contributed by atoms with Gasteiger partial charge in [-0.25, -0.2) is 0 Å². The quantitative estimate of drug-likeness (QED) is 0.724. The molecule has 0 saturated carbocycles. The van der Waals surface area contributed by atoms with E-state index in [0.29, 0.717) is 0 Å². The van der Waals surface area contributed by atoms with Gasteiger partial charge in [0.25, 0.3) is 0 Å². The summed E-state index contributed by atoms with van der Waals surface area (Å²) in [5.74, 6) is 0. The zero-order valence-corrected chi connectivity index (χ0v) is 11.8. The van der Waals surface area contributed by atoms with Crippen LogP contribution in [0.3, 0.4) is 0 Å². The maximum absolute atomic E-state index is 4.31. The Bertz CT molecular complexity index is 681. The van der Waals surface area contributed by atoms with Crippen LogP contribution in [0.25, 0.3) is 10.9 Å². The number of fused-ring (bicyclic) bond motifs is 1. The fourth-order valence-corrected chi connectivity index (χ4v) is 2.50. The predicted molar refractivity (Wildman–Crippen MR) is 76.6 cm³/mol. The number of rotatable bonds is 3. The number of nitrogens with zero attached hydrogens (tertiary/aromatic N) is 3. The lowest BCUT2D eigenvalue weighted by atomic mass is 10.2. The Hall–Kier alpha value is -1.55. The lowest BCUT2D eigenvalue weighted by molar-refractivity contribution is 0.658. The first-order chi connectivity index (χ1) is 8.76. The van der Waals surface area contributed by atoms with Crippen LogP contribution >= 0.6 is 15.9 Å². The Morgan fingerprint density at radius 2 is 2.17 bits per heavy atom. The lowest BCUT2D eigenvalue weighted by Crippen LogP contribution is -1.97. The van der Waals surface area contributed by atoms with E-state index < -0.39 is 0 Å². The molecule has 0 saturated heterocycles. The molecule has 1 aromatic carbocycles. The number of halogens is 1. The molecule has 0 bridgehead atoms. The van der Waals surface area contributed by atoms with Gasteiger partial charge in [0, 0.05) is 34.5 Å². The molecule has 0 amide bonds. The highest BCUT2D eigenvalue weighted by Crippen LogP contribution is 2.21.